The van der Waals surface area contributed by atoms with Gasteiger partial charge in [-0.25, -0.2) is 0 Å². The van der Waals surface area contributed by atoms with E-state index in [-0.39, 0.29) is 48.1 Å². The van der Waals surface area contributed by atoms with Gasteiger partial charge in [-0.15, -0.1) is 12.4 Å². The summed E-state index contributed by atoms with van der Waals surface area (Å²) >= 11 is 0. The van der Waals surface area contributed by atoms with Crippen molar-refractivity contribution >= 4 is 24.3 Å². The van der Waals surface area contributed by atoms with E-state index in [4.69, 9.17) is 10.5 Å². The fourth-order valence-electron chi connectivity index (χ4n) is 2.48. The first-order valence-corrected chi connectivity index (χ1v) is 7.14. The lowest BCUT2D eigenvalue weighted by atomic mass is 9.95. The van der Waals surface area contributed by atoms with Crippen molar-refractivity contribution in [2.45, 2.75) is 46.1 Å². The van der Waals surface area contributed by atoms with Crippen molar-refractivity contribution < 1.29 is 14.3 Å². The molecular weight excluding hydrogens is 280 g/mol. The van der Waals surface area contributed by atoms with Crippen molar-refractivity contribution in [3.8, 4) is 0 Å². The molecule has 1 rings (SSSR count). The lowest BCUT2D eigenvalue weighted by molar-refractivity contribution is -0.151. The minimum Gasteiger partial charge on any atom is -0.463 e. The fourth-order valence-corrected chi connectivity index (χ4v) is 2.48. The first-order valence-electron chi connectivity index (χ1n) is 7.14. The van der Waals surface area contributed by atoms with Crippen LogP contribution in [-0.2, 0) is 14.3 Å². The van der Waals surface area contributed by atoms with Crippen molar-refractivity contribution in [2.24, 2.45) is 23.5 Å². The quantitative estimate of drug-likeness (QED) is 0.728. The van der Waals surface area contributed by atoms with Gasteiger partial charge in [0.25, 0.3) is 0 Å². The summed E-state index contributed by atoms with van der Waals surface area (Å²) in [7, 11) is 0. The molecule has 0 saturated heterocycles. The lowest BCUT2D eigenvalue weighted by Gasteiger charge is -2.19. The van der Waals surface area contributed by atoms with Gasteiger partial charge in [-0.3, -0.25) is 9.59 Å². The Morgan fingerprint density at radius 1 is 1.30 bits per heavy atom. The summed E-state index contributed by atoms with van der Waals surface area (Å²) < 4.78 is 5.10. The summed E-state index contributed by atoms with van der Waals surface area (Å²) in [6.07, 6.45) is 2.87. The molecule has 0 aromatic carbocycles. The molecule has 1 saturated carbocycles. The number of nitrogens with one attached hydrogen (secondary N) is 1. The Balaban J connectivity index is 0.00000361. The van der Waals surface area contributed by atoms with E-state index in [0.717, 1.165) is 19.3 Å². The van der Waals surface area contributed by atoms with E-state index in [1.165, 1.54) is 0 Å². The van der Waals surface area contributed by atoms with Crippen LogP contribution in [0.4, 0.5) is 0 Å². The van der Waals surface area contributed by atoms with Gasteiger partial charge in [0.05, 0.1) is 12.0 Å². The van der Waals surface area contributed by atoms with Crippen LogP contribution >= 0.6 is 12.4 Å². The van der Waals surface area contributed by atoms with Gasteiger partial charge in [-0.1, -0.05) is 13.3 Å². The maximum atomic E-state index is 12.0. The van der Waals surface area contributed by atoms with E-state index in [0.29, 0.717) is 13.1 Å². The third-order valence-corrected chi connectivity index (χ3v) is 3.64. The molecule has 20 heavy (non-hydrogen) atoms. The monoisotopic (exact) mass is 306 g/mol. The number of ether oxygens (including phenoxy) is 1. The fraction of sp³-hybridized carbons (Fsp3) is 0.857. The topological polar surface area (TPSA) is 81.4 Å². The van der Waals surface area contributed by atoms with Crippen molar-refractivity contribution in [1.29, 1.82) is 0 Å². The Labute approximate surface area is 127 Å². The van der Waals surface area contributed by atoms with Crippen LogP contribution in [0.15, 0.2) is 0 Å². The molecule has 1 aliphatic rings. The second-order valence-electron chi connectivity index (χ2n) is 5.67. The standard InChI is InChI=1S/C14H26N2O3.ClH/c1-9(2)19-14(18)10(3)8-16-13(17)12-6-4-5-11(12)7-15;/h9-12H,4-8,15H2,1-3H3,(H,16,17);1H/t10?,11-,12-;/m1./s1. The minimum absolute atomic E-state index is 0. The second kappa shape index (κ2) is 9.19. The first-order chi connectivity index (χ1) is 8.95. The highest BCUT2D eigenvalue weighted by molar-refractivity contribution is 5.85. The minimum atomic E-state index is -0.316. The van der Waals surface area contributed by atoms with E-state index in [9.17, 15) is 9.59 Å². The lowest BCUT2D eigenvalue weighted by Crippen LogP contribution is -2.39. The van der Waals surface area contributed by atoms with E-state index < -0.39 is 0 Å². The van der Waals surface area contributed by atoms with E-state index in [2.05, 4.69) is 5.32 Å². The maximum absolute atomic E-state index is 12.0. The van der Waals surface area contributed by atoms with Crippen molar-refractivity contribution in [2.75, 3.05) is 13.1 Å². The number of hydrogen-bond acceptors (Lipinski definition) is 4. The molecule has 0 spiro atoms. The molecule has 0 aromatic heterocycles. The molecular formula is C14H27ClN2O3. The molecule has 1 aliphatic carbocycles. The molecule has 3 atom stereocenters. The zero-order chi connectivity index (χ0) is 14.4. The summed E-state index contributed by atoms with van der Waals surface area (Å²) in [5.41, 5.74) is 5.67. The summed E-state index contributed by atoms with van der Waals surface area (Å²) in [6, 6.07) is 0. The average molecular weight is 307 g/mol. The normalized spacial score (nSPS) is 23.1. The zero-order valence-electron chi connectivity index (χ0n) is 12.6. The van der Waals surface area contributed by atoms with Gasteiger partial charge in [-0.2, -0.15) is 0 Å². The largest absolute Gasteiger partial charge is 0.463 e. The number of carbonyl (C=O) groups excluding carboxylic acids is 2. The van der Waals surface area contributed by atoms with Crippen molar-refractivity contribution in [1.82, 2.24) is 5.32 Å². The van der Waals surface area contributed by atoms with Gasteiger partial charge in [0.1, 0.15) is 0 Å². The number of nitrogens with two attached hydrogens (primary N) is 1. The molecule has 1 amide bonds. The highest BCUT2D eigenvalue weighted by Gasteiger charge is 2.32. The van der Waals surface area contributed by atoms with E-state index in [1.807, 2.05) is 13.8 Å². The second-order valence-corrected chi connectivity index (χ2v) is 5.67. The van der Waals surface area contributed by atoms with Gasteiger partial charge >= 0.3 is 5.97 Å². The molecule has 5 nitrogen and oxygen atoms in total. The smallest absolute Gasteiger partial charge is 0.310 e. The van der Waals surface area contributed by atoms with Crippen LogP contribution in [0.5, 0.6) is 0 Å². The third kappa shape index (κ3) is 5.67. The molecule has 0 heterocycles. The summed E-state index contributed by atoms with van der Waals surface area (Å²) in [6.45, 7) is 6.28. The maximum Gasteiger partial charge on any atom is 0.310 e. The molecule has 1 unspecified atom stereocenters. The molecule has 0 radical (unpaired) electrons. The number of rotatable bonds is 6. The SMILES string of the molecule is CC(C)OC(=O)C(C)CNC(=O)[C@@H]1CCC[C@@H]1CN.Cl. The molecule has 0 aliphatic heterocycles. The summed E-state index contributed by atoms with van der Waals surface area (Å²) in [5.74, 6) is -0.255. The van der Waals surface area contributed by atoms with Crippen LogP contribution < -0.4 is 11.1 Å². The van der Waals surface area contributed by atoms with Crippen LogP contribution in [-0.4, -0.2) is 31.1 Å². The molecule has 0 bridgehead atoms. The molecule has 1 fully saturated rings. The zero-order valence-corrected chi connectivity index (χ0v) is 13.4. The number of halogens is 1. The van der Waals surface area contributed by atoms with Crippen LogP contribution in [0.3, 0.4) is 0 Å². The highest BCUT2D eigenvalue weighted by Crippen LogP contribution is 2.30. The van der Waals surface area contributed by atoms with Gasteiger partial charge in [0.15, 0.2) is 0 Å². The van der Waals surface area contributed by atoms with Crippen LogP contribution in [0.25, 0.3) is 0 Å². The summed E-state index contributed by atoms with van der Waals surface area (Å²) in [5, 5.41) is 2.85. The Kier molecular flexibility index (Phi) is 8.81. The van der Waals surface area contributed by atoms with Crippen LogP contribution in [0, 0.1) is 17.8 Å². The number of esters is 1. The van der Waals surface area contributed by atoms with Gasteiger partial charge in [0.2, 0.25) is 5.91 Å². The molecule has 6 heteroatoms. The van der Waals surface area contributed by atoms with Crippen LogP contribution in [0.2, 0.25) is 0 Å². The number of hydrogen-bond donors (Lipinski definition) is 2. The van der Waals surface area contributed by atoms with E-state index in [1.54, 1.807) is 6.92 Å². The number of carbonyl (C=O) groups is 2. The molecule has 0 aromatic rings. The van der Waals surface area contributed by atoms with Crippen LogP contribution in [0.1, 0.15) is 40.0 Å². The Morgan fingerprint density at radius 3 is 2.50 bits per heavy atom. The Morgan fingerprint density at radius 2 is 1.95 bits per heavy atom. The van der Waals surface area contributed by atoms with Gasteiger partial charge in [-0.05, 0) is 39.2 Å². The molecule has 3 N–H and O–H groups in total. The van der Waals surface area contributed by atoms with E-state index >= 15 is 0 Å². The average Bonchev–Trinajstić information content (AvgIpc) is 2.82. The predicted molar refractivity (Wildman–Crippen MR) is 80.5 cm³/mol. The van der Waals surface area contributed by atoms with Gasteiger partial charge < -0.3 is 15.8 Å². The first kappa shape index (κ1) is 19.2. The highest BCUT2D eigenvalue weighted by atomic mass is 35.5. The Hall–Kier alpha value is -0.810. The summed E-state index contributed by atoms with van der Waals surface area (Å²) in [4.78, 5) is 23.7. The predicted octanol–water partition coefficient (Wildman–Crippen LogP) is 1.49. The Bertz CT molecular complexity index is 324. The van der Waals surface area contributed by atoms with Crippen molar-refractivity contribution in [3.05, 3.63) is 0 Å². The van der Waals surface area contributed by atoms with Gasteiger partial charge in [0, 0.05) is 12.5 Å². The number of amides is 1. The third-order valence-electron chi connectivity index (χ3n) is 3.64. The van der Waals surface area contributed by atoms with Crippen molar-refractivity contribution in [3.63, 3.8) is 0 Å². The molecule has 118 valence electrons.